The smallest absolute Gasteiger partial charge is 0.120 e. The molecule has 0 saturated heterocycles. The van der Waals surface area contributed by atoms with Crippen molar-refractivity contribution >= 4 is 0 Å². The summed E-state index contributed by atoms with van der Waals surface area (Å²) >= 11 is 0. The van der Waals surface area contributed by atoms with Crippen molar-refractivity contribution in [2.24, 2.45) is 0 Å². The van der Waals surface area contributed by atoms with Gasteiger partial charge in [0.05, 0.1) is 18.9 Å². The first-order chi connectivity index (χ1) is 5.34. The molecule has 0 aromatic carbocycles. The van der Waals surface area contributed by atoms with Crippen LogP contribution in [0.4, 0.5) is 0 Å². The van der Waals surface area contributed by atoms with E-state index in [4.69, 9.17) is 9.52 Å². The monoisotopic (exact) mass is 155 g/mol. The average molecular weight is 155 g/mol. The van der Waals surface area contributed by atoms with Gasteiger partial charge in [-0.25, -0.2) is 0 Å². The highest BCUT2D eigenvalue weighted by molar-refractivity contribution is 5.02. The fourth-order valence-electron chi connectivity index (χ4n) is 0.919. The summed E-state index contributed by atoms with van der Waals surface area (Å²) in [6, 6.07) is 3.94. The Morgan fingerprint density at radius 3 is 3.09 bits per heavy atom. The molecule has 0 amide bonds. The number of hydrogen-bond donors (Lipinski definition) is 2. The van der Waals surface area contributed by atoms with Crippen LogP contribution in [0.5, 0.6) is 0 Å². The van der Waals surface area contributed by atoms with E-state index >= 15 is 0 Å². The molecular weight excluding hydrogens is 142 g/mol. The number of aliphatic hydroxyl groups is 1. The number of rotatable bonds is 4. The van der Waals surface area contributed by atoms with E-state index in [9.17, 15) is 0 Å². The normalized spacial score (nSPS) is 13.3. The maximum Gasteiger partial charge on any atom is 0.120 e. The van der Waals surface area contributed by atoms with E-state index in [1.165, 1.54) is 0 Å². The molecule has 3 heteroatoms. The van der Waals surface area contributed by atoms with Crippen molar-refractivity contribution in [3.05, 3.63) is 24.2 Å². The minimum atomic E-state index is 0.158. The molecule has 1 heterocycles. The van der Waals surface area contributed by atoms with Gasteiger partial charge in [0.1, 0.15) is 5.76 Å². The Kier molecular flexibility index (Phi) is 3.14. The zero-order valence-corrected chi connectivity index (χ0v) is 6.58. The lowest BCUT2D eigenvalue weighted by Gasteiger charge is -2.08. The minimum Gasteiger partial charge on any atom is -0.468 e. The second-order valence-corrected chi connectivity index (χ2v) is 2.41. The molecule has 0 saturated carbocycles. The maximum atomic E-state index is 8.52. The quantitative estimate of drug-likeness (QED) is 0.679. The van der Waals surface area contributed by atoms with Gasteiger partial charge in [-0.1, -0.05) is 0 Å². The Balaban J connectivity index is 2.36. The first kappa shape index (κ1) is 8.30. The van der Waals surface area contributed by atoms with Crippen LogP contribution in [0.2, 0.25) is 0 Å². The Labute approximate surface area is 66.0 Å². The third-order valence-corrected chi connectivity index (χ3v) is 1.53. The SMILES string of the molecule is CC(NCCO)c1ccco1. The molecule has 1 aromatic heterocycles. The molecule has 0 radical (unpaired) electrons. The fraction of sp³-hybridized carbons (Fsp3) is 0.500. The Hall–Kier alpha value is -0.800. The van der Waals surface area contributed by atoms with Gasteiger partial charge in [-0.15, -0.1) is 0 Å². The van der Waals surface area contributed by atoms with Crippen molar-refractivity contribution in [3.8, 4) is 0 Å². The summed E-state index contributed by atoms with van der Waals surface area (Å²) in [4.78, 5) is 0. The van der Waals surface area contributed by atoms with Crippen molar-refractivity contribution in [1.29, 1.82) is 0 Å². The third-order valence-electron chi connectivity index (χ3n) is 1.53. The number of nitrogens with one attached hydrogen (secondary N) is 1. The van der Waals surface area contributed by atoms with Gasteiger partial charge in [0.2, 0.25) is 0 Å². The van der Waals surface area contributed by atoms with E-state index in [-0.39, 0.29) is 12.6 Å². The lowest BCUT2D eigenvalue weighted by atomic mass is 10.2. The molecular formula is C8H13NO2. The van der Waals surface area contributed by atoms with E-state index in [1.807, 2.05) is 19.1 Å². The van der Waals surface area contributed by atoms with Gasteiger partial charge < -0.3 is 14.8 Å². The molecule has 62 valence electrons. The van der Waals surface area contributed by atoms with Crippen LogP contribution in [0.25, 0.3) is 0 Å². The Bertz CT molecular complexity index is 184. The van der Waals surface area contributed by atoms with Crippen LogP contribution in [0, 0.1) is 0 Å². The van der Waals surface area contributed by atoms with Gasteiger partial charge in [0.15, 0.2) is 0 Å². The molecule has 0 aliphatic heterocycles. The first-order valence-electron chi connectivity index (χ1n) is 3.72. The minimum absolute atomic E-state index is 0.158. The molecule has 0 spiro atoms. The summed E-state index contributed by atoms with van der Waals surface area (Å²) in [5, 5.41) is 11.6. The zero-order chi connectivity index (χ0) is 8.10. The highest BCUT2D eigenvalue weighted by Gasteiger charge is 2.05. The van der Waals surface area contributed by atoms with Crippen molar-refractivity contribution in [1.82, 2.24) is 5.32 Å². The van der Waals surface area contributed by atoms with Gasteiger partial charge in [-0.2, -0.15) is 0 Å². The zero-order valence-electron chi connectivity index (χ0n) is 6.58. The van der Waals surface area contributed by atoms with Crippen LogP contribution in [0.15, 0.2) is 22.8 Å². The molecule has 0 bridgehead atoms. The largest absolute Gasteiger partial charge is 0.468 e. The van der Waals surface area contributed by atoms with E-state index in [1.54, 1.807) is 6.26 Å². The molecule has 1 atom stereocenters. The summed E-state index contributed by atoms with van der Waals surface area (Å²) < 4.78 is 5.15. The van der Waals surface area contributed by atoms with E-state index in [0.29, 0.717) is 6.54 Å². The Morgan fingerprint density at radius 1 is 1.73 bits per heavy atom. The van der Waals surface area contributed by atoms with Crippen molar-refractivity contribution < 1.29 is 9.52 Å². The summed E-state index contributed by atoms with van der Waals surface area (Å²) in [7, 11) is 0. The third kappa shape index (κ3) is 2.37. The second-order valence-electron chi connectivity index (χ2n) is 2.41. The molecule has 1 aromatic rings. The van der Waals surface area contributed by atoms with Crippen LogP contribution < -0.4 is 5.32 Å². The van der Waals surface area contributed by atoms with Gasteiger partial charge >= 0.3 is 0 Å². The highest BCUT2D eigenvalue weighted by Crippen LogP contribution is 2.10. The summed E-state index contributed by atoms with van der Waals surface area (Å²) in [5.41, 5.74) is 0. The van der Waals surface area contributed by atoms with Crippen LogP contribution in [-0.2, 0) is 0 Å². The van der Waals surface area contributed by atoms with E-state index < -0.39 is 0 Å². The molecule has 0 aliphatic rings. The van der Waals surface area contributed by atoms with Crippen molar-refractivity contribution in [2.45, 2.75) is 13.0 Å². The maximum absolute atomic E-state index is 8.52. The van der Waals surface area contributed by atoms with Gasteiger partial charge in [-0.05, 0) is 19.1 Å². The predicted octanol–water partition coefficient (Wildman–Crippen LogP) is 0.923. The summed E-state index contributed by atoms with van der Waals surface area (Å²) in [5.74, 6) is 0.901. The van der Waals surface area contributed by atoms with Crippen molar-refractivity contribution in [2.75, 3.05) is 13.2 Å². The fourth-order valence-corrected chi connectivity index (χ4v) is 0.919. The van der Waals surface area contributed by atoms with Crippen LogP contribution >= 0.6 is 0 Å². The lowest BCUT2D eigenvalue weighted by molar-refractivity contribution is 0.281. The van der Waals surface area contributed by atoms with E-state index in [0.717, 1.165) is 5.76 Å². The predicted molar refractivity (Wildman–Crippen MR) is 42.2 cm³/mol. The van der Waals surface area contributed by atoms with Gasteiger partial charge in [0, 0.05) is 6.54 Å². The molecule has 1 unspecified atom stereocenters. The number of aliphatic hydroxyl groups excluding tert-OH is 1. The van der Waals surface area contributed by atoms with Gasteiger partial charge in [-0.3, -0.25) is 0 Å². The van der Waals surface area contributed by atoms with Crippen LogP contribution in [0.1, 0.15) is 18.7 Å². The molecule has 2 N–H and O–H groups in total. The summed E-state index contributed by atoms with van der Waals surface area (Å²) in [6.07, 6.45) is 1.65. The molecule has 1 rings (SSSR count). The molecule has 0 aliphatic carbocycles. The highest BCUT2D eigenvalue weighted by atomic mass is 16.3. The Morgan fingerprint density at radius 2 is 2.55 bits per heavy atom. The topological polar surface area (TPSA) is 45.4 Å². The van der Waals surface area contributed by atoms with Crippen LogP contribution in [-0.4, -0.2) is 18.3 Å². The first-order valence-corrected chi connectivity index (χ1v) is 3.72. The molecule has 3 nitrogen and oxygen atoms in total. The standard InChI is InChI=1S/C8H13NO2/c1-7(9-4-5-10)8-3-2-6-11-8/h2-3,6-7,9-10H,4-5H2,1H3. The molecule has 0 fully saturated rings. The van der Waals surface area contributed by atoms with Gasteiger partial charge in [0.25, 0.3) is 0 Å². The molecule has 11 heavy (non-hydrogen) atoms. The lowest BCUT2D eigenvalue weighted by Crippen LogP contribution is -2.21. The number of furan rings is 1. The van der Waals surface area contributed by atoms with Crippen LogP contribution in [0.3, 0.4) is 0 Å². The second kappa shape index (κ2) is 4.16. The average Bonchev–Trinajstić information content (AvgIpc) is 2.52. The van der Waals surface area contributed by atoms with Crippen molar-refractivity contribution in [3.63, 3.8) is 0 Å². The number of hydrogen-bond acceptors (Lipinski definition) is 3. The summed E-state index contributed by atoms with van der Waals surface area (Å²) in [6.45, 7) is 2.75. The van der Waals surface area contributed by atoms with E-state index in [2.05, 4.69) is 5.32 Å².